The van der Waals surface area contributed by atoms with E-state index in [0.29, 0.717) is 0 Å². The minimum atomic E-state index is 0.00141. The Labute approximate surface area is 93.8 Å². The highest BCUT2D eigenvalue weighted by Crippen LogP contribution is 2.44. The molecule has 0 heterocycles. The smallest absolute Gasteiger partial charge is 0.0411 e. The van der Waals surface area contributed by atoms with Crippen molar-refractivity contribution in [3.05, 3.63) is 23.8 Å². The van der Waals surface area contributed by atoms with Crippen molar-refractivity contribution in [3.8, 4) is 0 Å². The third-order valence-corrected chi connectivity index (χ3v) is 4.45. The lowest BCUT2D eigenvalue weighted by Gasteiger charge is -2.12. The van der Waals surface area contributed by atoms with Crippen LogP contribution in [0.4, 0.5) is 0 Å². The molecule has 1 aliphatic carbocycles. The lowest BCUT2D eigenvalue weighted by atomic mass is 10.1. The molecule has 0 atom stereocenters. The normalized spacial score (nSPS) is 18.2. The fourth-order valence-corrected chi connectivity index (χ4v) is 3.05. The SMILES string of the molecule is CSc1ccc(C2(N)CC2)cc1SC. The van der Waals surface area contributed by atoms with Gasteiger partial charge in [0.2, 0.25) is 0 Å². The molecule has 14 heavy (non-hydrogen) atoms. The third-order valence-electron chi connectivity index (χ3n) is 2.75. The highest BCUT2D eigenvalue weighted by Gasteiger charge is 2.40. The van der Waals surface area contributed by atoms with E-state index in [1.165, 1.54) is 15.4 Å². The summed E-state index contributed by atoms with van der Waals surface area (Å²) in [5.41, 5.74) is 7.47. The molecule has 0 amide bonds. The Hall–Kier alpha value is -0.120. The largest absolute Gasteiger partial charge is 0.321 e. The molecule has 2 N–H and O–H groups in total. The molecule has 0 saturated heterocycles. The first-order valence-electron chi connectivity index (χ1n) is 4.71. The van der Waals surface area contributed by atoms with Gasteiger partial charge in [-0.25, -0.2) is 0 Å². The summed E-state index contributed by atoms with van der Waals surface area (Å²) in [6.07, 6.45) is 6.51. The Morgan fingerprint density at radius 3 is 2.29 bits per heavy atom. The van der Waals surface area contributed by atoms with E-state index in [1.807, 2.05) is 0 Å². The van der Waals surface area contributed by atoms with E-state index in [-0.39, 0.29) is 5.54 Å². The fraction of sp³-hybridized carbons (Fsp3) is 0.455. The average molecular weight is 225 g/mol. The molecule has 1 aromatic carbocycles. The van der Waals surface area contributed by atoms with E-state index < -0.39 is 0 Å². The molecule has 2 rings (SSSR count). The van der Waals surface area contributed by atoms with Gasteiger partial charge in [-0.2, -0.15) is 0 Å². The van der Waals surface area contributed by atoms with Crippen molar-refractivity contribution in [3.63, 3.8) is 0 Å². The molecule has 1 aliphatic rings. The van der Waals surface area contributed by atoms with Crippen molar-refractivity contribution >= 4 is 23.5 Å². The minimum absolute atomic E-state index is 0.00141. The Bertz CT molecular complexity index is 345. The maximum absolute atomic E-state index is 6.17. The molecule has 0 aromatic heterocycles. The fourth-order valence-electron chi connectivity index (χ4n) is 1.57. The molecule has 3 heteroatoms. The highest BCUT2D eigenvalue weighted by atomic mass is 32.2. The summed E-state index contributed by atoms with van der Waals surface area (Å²) >= 11 is 3.60. The average Bonchev–Trinajstić information content (AvgIpc) is 2.97. The monoisotopic (exact) mass is 225 g/mol. The predicted octanol–water partition coefficient (Wildman–Crippen LogP) is 3.08. The molecule has 0 aliphatic heterocycles. The van der Waals surface area contributed by atoms with Crippen LogP contribution in [-0.4, -0.2) is 12.5 Å². The molecule has 0 bridgehead atoms. The summed E-state index contributed by atoms with van der Waals surface area (Å²) in [6.45, 7) is 0. The van der Waals surface area contributed by atoms with E-state index in [2.05, 4.69) is 30.7 Å². The summed E-state index contributed by atoms with van der Waals surface area (Å²) in [7, 11) is 0. The lowest BCUT2D eigenvalue weighted by Crippen LogP contribution is -2.18. The summed E-state index contributed by atoms with van der Waals surface area (Å²) < 4.78 is 0. The lowest BCUT2D eigenvalue weighted by molar-refractivity contribution is 0.735. The number of nitrogens with two attached hydrogens (primary N) is 1. The Kier molecular flexibility index (Phi) is 2.82. The van der Waals surface area contributed by atoms with Gasteiger partial charge in [-0.05, 0) is 43.0 Å². The summed E-state index contributed by atoms with van der Waals surface area (Å²) in [4.78, 5) is 2.71. The van der Waals surface area contributed by atoms with Crippen LogP contribution in [0.15, 0.2) is 28.0 Å². The molecule has 0 unspecified atom stereocenters. The topological polar surface area (TPSA) is 26.0 Å². The van der Waals surface area contributed by atoms with Crippen molar-refractivity contribution in [2.45, 2.75) is 28.2 Å². The molecule has 1 aromatic rings. The van der Waals surface area contributed by atoms with Gasteiger partial charge in [-0.3, -0.25) is 0 Å². The second-order valence-electron chi connectivity index (χ2n) is 3.73. The molecular formula is C11H15NS2. The van der Waals surface area contributed by atoms with Gasteiger partial charge in [0.05, 0.1) is 0 Å². The van der Waals surface area contributed by atoms with Crippen LogP contribution in [0.3, 0.4) is 0 Å². The van der Waals surface area contributed by atoms with Gasteiger partial charge < -0.3 is 5.73 Å². The molecule has 1 nitrogen and oxygen atoms in total. The minimum Gasteiger partial charge on any atom is -0.321 e. The van der Waals surface area contributed by atoms with Gasteiger partial charge in [0, 0.05) is 15.3 Å². The van der Waals surface area contributed by atoms with Crippen molar-refractivity contribution in [2.24, 2.45) is 5.73 Å². The summed E-state index contributed by atoms with van der Waals surface area (Å²) in [5.74, 6) is 0. The number of rotatable bonds is 3. The number of benzene rings is 1. The Morgan fingerprint density at radius 1 is 1.14 bits per heavy atom. The summed E-state index contributed by atoms with van der Waals surface area (Å²) in [5, 5.41) is 0. The third kappa shape index (κ3) is 1.81. The first-order valence-corrected chi connectivity index (χ1v) is 7.16. The summed E-state index contributed by atoms with van der Waals surface area (Å²) in [6, 6.07) is 6.63. The molecule has 0 radical (unpaired) electrons. The van der Waals surface area contributed by atoms with Gasteiger partial charge in [0.15, 0.2) is 0 Å². The number of thioether (sulfide) groups is 2. The molecule has 1 fully saturated rings. The van der Waals surface area contributed by atoms with Crippen LogP contribution in [0.25, 0.3) is 0 Å². The molecule has 76 valence electrons. The van der Waals surface area contributed by atoms with E-state index in [1.54, 1.807) is 23.5 Å². The zero-order valence-corrected chi connectivity index (χ0v) is 10.2. The zero-order valence-electron chi connectivity index (χ0n) is 8.54. The van der Waals surface area contributed by atoms with Crippen LogP contribution in [0.5, 0.6) is 0 Å². The quantitative estimate of drug-likeness (QED) is 0.801. The molecule has 0 spiro atoms. The standard InChI is InChI=1S/C11H15NS2/c1-13-9-4-3-8(7-10(9)14-2)11(12)5-6-11/h3-4,7H,5-6,12H2,1-2H3. The number of hydrogen-bond acceptors (Lipinski definition) is 3. The van der Waals surface area contributed by atoms with Gasteiger partial charge in [0.1, 0.15) is 0 Å². The van der Waals surface area contributed by atoms with Crippen LogP contribution in [0, 0.1) is 0 Å². The van der Waals surface area contributed by atoms with Crippen molar-refractivity contribution in [1.82, 2.24) is 0 Å². The Balaban J connectivity index is 2.36. The Morgan fingerprint density at radius 2 is 1.79 bits per heavy atom. The van der Waals surface area contributed by atoms with Crippen LogP contribution >= 0.6 is 23.5 Å². The maximum atomic E-state index is 6.17. The van der Waals surface area contributed by atoms with E-state index in [9.17, 15) is 0 Å². The van der Waals surface area contributed by atoms with Gasteiger partial charge in [0.25, 0.3) is 0 Å². The number of hydrogen-bond donors (Lipinski definition) is 1. The predicted molar refractivity (Wildman–Crippen MR) is 65.1 cm³/mol. The van der Waals surface area contributed by atoms with Crippen LogP contribution in [0.2, 0.25) is 0 Å². The van der Waals surface area contributed by atoms with Crippen molar-refractivity contribution in [2.75, 3.05) is 12.5 Å². The zero-order chi connectivity index (χ0) is 10.2. The maximum Gasteiger partial charge on any atom is 0.0411 e. The van der Waals surface area contributed by atoms with Gasteiger partial charge in [-0.15, -0.1) is 23.5 Å². The second kappa shape index (κ2) is 3.80. The van der Waals surface area contributed by atoms with Crippen LogP contribution in [0.1, 0.15) is 18.4 Å². The van der Waals surface area contributed by atoms with Crippen molar-refractivity contribution < 1.29 is 0 Å². The second-order valence-corrected chi connectivity index (χ2v) is 5.42. The van der Waals surface area contributed by atoms with E-state index in [4.69, 9.17) is 5.73 Å². The van der Waals surface area contributed by atoms with Crippen LogP contribution < -0.4 is 5.73 Å². The first kappa shape index (κ1) is 10.4. The highest BCUT2D eigenvalue weighted by molar-refractivity contribution is 8.01. The van der Waals surface area contributed by atoms with E-state index >= 15 is 0 Å². The van der Waals surface area contributed by atoms with Gasteiger partial charge >= 0.3 is 0 Å². The molecular weight excluding hydrogens is 210 g/mol. The van der Waals surface area contributed by atoms with Crippen LogP contribution in [-0.2, 0) is 5.54 Å². The first-order chi connectivity index (χ1) is 6.69. The van der Waals surface area contributed by atoms with Gasteiger partial charge in [-0.1, -0.05) is 6.07 Å². The molecule has 1 saturated carbocycles. The van der Waals surface area contributed by atoms with E-state index in [0.717, 1.165) is 12.8 Å². The van der Waals surface area contributed by atoms with Crippen molar-refractivity contribution in [1.29, 1.82) is 0 Å².